The van der Waals surface area contributed by atoms with Crippen molar-refractivity contribution in [1.82, 2.24) is 14.4 Å². The van der Waals surface area contributed by atoms with Crippen LogP contribution in [-0.2, 0) is 15.4 Å². The maximum atomic E-state index is 12.5. The van der Waals surface area contributed by atoms with Crippen molar-refractivity contribution in [3.63, 3.8) is 0 Å². The van der Waals surface area contributed by atoms with Gasteiger partial charge in [0.2, 0.25) is 10.0 Å². The van der Waals surface area contributed by atoms with Crippen molar-refractivity contribution in [1.29, 1.82) is 0 Å². The third-order valence-electron chi connectivity index (χ3n) is 4.85. The molecule has 2 N–H and O–H groups in total. The quantitative estimate of drug-likeness (QED) is 0.423. The van der Waals surface area contributed by atoms with Gasteiger partial charge in [0.15, 0.2) is 0 Å². The van der Waals surface area contributed by atoms with E-state index in [0.29, 0.717) is 22.6 Å². The first-order valence-electron chi connectivity index (χ1n) is 10.0. The van der Waals surface area contributed by atoms with Gasteiger partial charge in [0.1, 0.15) is 5.75 Å². The van der Waals surface area contributed by atoms with Crippen molar-refractivity contribution in [2.24, 2.45) is 5.10 Å². The van der Waals surface area contributed by atoms with Gasteiger partial charge in [-0.25, -0.2) is 22.6 Å². The zero-order valence-corrected chi connectivity index (χ0v) is 19.9. The molecule has 0 spiro atoms. The zero-order valence-electron chi connectivity index (χ0n) is 19.0. The molecule has 0 bridgehead atoms. The monoisotopic (exact) mass is 470 g/mol. The van der Waals surface area contributed by atoms with Crippen molar-refractivity contribution >= 4 is 16.2 Å². The molecule has 33 heavy (non-hydrogen) atoms. The van der Waals surface area contributed by atoms with E-state index in [-0.39, 0.29) is 5.41 Å². The predicted molar refractivity (Wildman–Crippen MR) is 129 cm³/mol. The van der Waals surface area contributed by atoms with E-state index >= 15 is 0 Å². The number of H-pyrrole nitrogens is 1. The molecule has 0 unspecified atom stereocenters. The molecule has 2 aromatic carbocycles. The SMILES string of the molecule is COc1c(-c2ccc(C=NNS(C)(=O)=O)cc2)cc(-n2c(=O)cc[nH]c2=O)cc1C(C)(C)C. The predicted octanol–water partition coefficient (Wildman–Crippen LogP) is 2.38. The number of hydrazone groups is 1. The number of aromatic nitrogens is 2. The lowest BCUT2D eigenvalue weighted by molar-refractivity contribution is 0.399. The molecule has 3 rings (SSSR count). The maximum Gasteiger partial charge on any atom is 0.332 e. The zero-order chi connectivity index (χ0) is 24.4. The first kappa shape index (κ1) is 24.0. The summed E-state index contributed by atoms with van der Waals surface area (Å²) >= 11 is 0. The van der Waals surface area contributed by atoms with E-state index < -0.39 is 21.3 Å². The number of aromatic amines is 1. The Morgan fingerprint density at radius 3 is 2.30 bits per heavy atom. The highest BCUT2D eigenvalue weighted by atomic mass is 32.2. The first-order valence-corrected chi connectivity index (χ1v) is 11.9. The van der Waals surface area contributed by atoms with Crippen molar-refractivity contribution in [3.05, 3.63) is 80.6 Å². The van der Waals surface area contributed by atoms with Crippen LogP contribution < -0.4 is 20.8 Å². The molecular formula is C23H26N4O5S. The van der Waals surface area contributed by atoms with Crippen LogP contribution in [0.3, 0.4) is 0 Å². The normalized spacial score (nSPS) is 12.2. The van der Waals surface area contributed by atoms with Crippen molar-refractivity contribution in [2.75, 3.05) is 13.4 Å². The number of hydrogen-bond donors (Lipinski definition) is 2. The van der Waals surface area contributed by atoms with Gasteiger partial charge in [0, 0.05) is 23.4 Å². The molecule has 0 atom stereocenters. The van der Waals surface area contributed by atoms with Crippen LogP contribution >= 0.6 is 0 Å². The summed E-state index contributed by atoms with van der Waals surface area (Å²) in [6.07, 6.45) is 3.72. The molecular weight excluding hydrogens is 444 g/mol. The fourth-order valence-electron chi connectivity index (χ4n) is 3.35. The van der Waals surface area contributed by atoms with Gasteiger partial charge in [-0.05, 0) is 28.7 Å². The highest BCUT2D eigenvalue weighted by Gasteiger charge is 2.24. The Labute approximate surface area is 191 Å². The van der Waals surface area contributed by atoms with E-state index in [1.807, 2.05) is 32.9 Å². The molecule has 1 aromatic heterocycles. The van der Waals surface area contributed by atoms with Gasteiger partial charge in [0.05, 0.1) is 25.3 Å². The minimum Gasteiger partial charge on any atom is -0.496 e. The summed E-state index contributed by atoms with van der Waals surface area (Å²) < 4.78 is 29.2. The summed E-state index contributed by atoms with van der Waals surface area (Å²) in [5.74, 6) is 0.631. The smallest absolute Gasteiger partial charge is 0.332 e. The van der Waals surface area contributed by atoms with Gasteiger partial charge in [0.25, 0.3) is 5.56 Å². The largest absolute Gasteiger partial charge is 0.496 e. The Bertz CT molecular complexity index is 1380. The second kappa shape index (κ2) is 9.07. The molecule has 0 radical (unpaired) electrons. The molecule has 0 fully saturated rings. The van der Waals surface area contributed by atoms with E-state index in [1.54, 1.807) is 31.4 Å². The number of sulfonamides is 1. The summed E-state index contributed by atoms with van der Waals surface area (Å²) in [6.45, 7) is 6.06. The second-order valence-electron chi connectivity index (χ2n) is 8.52. The van der Waals surface area contributed by atoms with E-state index in [1.165, 1.54) is 18.5 Å². The van der Waals surface area contributed by atoms with Crippen LogP contribution in [0.15, 0.2) is 63.4 Å². The average Bonchev–Trinajstić information content (AvgIpc) is 2.72. The van der Waals surface area contributed by atoms with E-state index in [9.17, 15) is 18.0 Å². The Morgan fingerprint density at radius 2 is 1.76 bits per heavy atom. The molecule has 1 heterocycles. The molecule has 0 saturated heterocycles. The third-order valence-corrected chi connectivity index (χ3v) is 5.29. The van der Waals surface area contributed by atoms with Crippen molar-refractivity contribution < 1.29 is 13.2 Å². The summed E-state index contributed by atoms with van der Waals surface area (Å²) in [7, 11) is -1.86. The van der Waals surface area contributed by atoms with Gasteiger partial charge in [-0.2, -0.15) is 5.10 Å². The number of nitrogens with zero attached hydrogens (tertiary/aromatic N) is 2. The Balaban J connectivity index is 2.18. The van der Waals surface area contributed by atoms with Crippen LogP contribution in [0.25, 0.3) is 16.8 Å². The lowest BCUT2D eigenvalue weighted by atomic mass is 9.83. The van der Waals surface area contributed by atoms with E-state index in [4.69, 9.17) is 4.74 Å². The van der Waals surface area contributed by atoms with Crippen molar-refractivity contribution in [2.45, 2.75) is 26.2 Å². The third kappa shape index (κ3) is 5.58. The number of rotatable bonds is 6. The number of methoxy groups -OCH3 is 1. The molecule has 174 valence electrons. The van der Waals surface area contributed by atoms with Crippen LogP contribution in [-0.4, -0.2) is 37.5 Å². The summed E-state index contributed by atoms with van der Waals surface area (Å²) in [4.78, 5) is 29.5. The van der Waals surface area contributed by atoms with Crippen LogP contribution in [0.2, 0.25) is 0 Å². The minimum absolute atomic E-state index is 0.342. The molecule has 0 aliphatic carbocycles. The Hall–Kier alpha value is -3.66. The van der Waals surface area contributed by atoms with Crippen LogP contribution in [0.1, 0.15) is 31.9 Å². The van der Waals surface area contributed by atoms with Gasteiger partial charge in [-0.1, -0.05) is 45.0 Å². The molecule has 0 saturated carbocycles. The van der Waals surface area contributed by atoms with Gasteiger partial charge >= 0.3 is 5.69 Å². The number of hydrogen-bond acceptors (Lipinski definition) is 6. The summed E-state index contributed by atoms with van der Waals surface area (Å²) in [5, 5.41) is 3.70. The van der Waals surface area contributed by atoms with Crippen LogP contribution in [0.5, 0.6) is 5.75 Å². The molecule has 0 amide bonds. The van der Waals surface area contributed by atoms with Crippen LogP contribution in [0, 0.1) is 0 Å². The minimum atomic E-state index is -3.43. The van der Waals surface area contributed by atoms with Gasteiger partial charge < -0.3 is 9.72 Å². The maximum absolute atomic E-state index is 12.5. The number of nitrogens with one attached hydrogen (secondary N) is 2. The fraction of sp³-hybridized carbons (Fsp3) is 0.261. The topological polar surface area (TPSA) is 123 Å². The molecule has 9 nitrogen and oxygen atoms in total. The van der Waals surface area contributed by atoms with Crippen molar-refractivity contribution in [3.8, 4) is 22.6 Å². The second-order valence-corrected chi connectivity index (χ2v) is 10.3. The van der Waals surface area contributed by atoms with E-state index in [2.05, 4.69) is 14.9 Å². The lowest BCUT2D eigenvalue weighted by Crippen LogP contribution is -2.32. The first-order chi connectivity index (χ1) is 15.4. The lowest BCUT2D eigenvalue weighted by Gasteiger charge is -2.25. The standard InChI is InChI=1S/C23H26N4O5S/c1-23(2,3)19-13-17(27-20(28)10-11-24-22(27)29)12-18(21(19)32-4)16-8-6-15(7-9-16)14-25-26-33(5,30)31/h6-14,26H,1-5H3,(H,24,29). The molecule has 0 aliphatic heterocycles. The molecule has 0 aliphatic rings. The number of benzene rings is 2. The van der Waals surface area contributed by atoms with Gasteiger partial charge in [-0.15, -0.1) is 0 Å². The summed E-state index contributed by atoms with van der Waals surface area (Å²) in [6, 6.07) is 12.0. The highest BCUT2D eigenvalue weighted by Crippen LogP contribution is 2.40. The average molecular weight is 471 g/mol. The molecule has 3 aromatic rings. The number of ether oxygens (including phenoxy) is 1. The summed E-state index contributed by atoms with van der Waals surface area (Å²) in [5.41, 5.74) is 2.09. The fourth-order valence-corrected chi connectivity index (χ4v) is 3.59. The molecule has 10 heteroatoms. The highest BCUT2D eigenvalue weighted by molar-refractivity contribution is 7.88. The van der Waals surface area contributed by atoms with E-state index in [0.717, 1.165) is 21.9 Å². The Morgan fingerprint density at radius 1 is 1.09 bits per heavy atom. The van der Waals surface area contributed by atoms with Gasteiger partial charge in [-0.3, -0.25) is 4.79 Å². The van der Waals surface area contributed by atoms with Crippen LogP contribution in [0.4, 0.5) is 0 Å². The Kier molecular flexibility index (Phi) is 6.59.